The lowest BCUT2D eigenvalue weighted by molar-refractivity contribution is -0.123. The van der Waals surface area contributed by atoms with Crippen molar-refractivity contribution >= 4 is 28.4 Å². The van der Waals surface area contributed by atoms with Crippen molar-refractivity contribution in [2.24, 2.45) is 0 Å². The van der Waals surface area contributed by atoms with Gasteiger partial charge in [0.2, 0.25) is 0 Å². The number of benzene rings is 2. The van der Waals surface area contributed by atoms with Gasteiger partial charge in [-0.2, -0.15) is 0 Å². The van der Waals surface area contributed by atoms with E-state index in [0.717, 1.165) is 0 Å². The van der Waals surface area contributed by atoms with Gasteiger partial charge in [0.25, 0.3) is 5.91 Å². The molecule has 0 bridgehead atoms. The van der Waals surface area contributed by atoms with E-state index in [9.17, 15) is 13.8 Å². The fraction of sp³-hybridized carbons (Fsp3) is 0.300. The van der Waals surface area contributed by atoms with Crippen molar-refractivity contribution in [3.63, 3.8) is 0 Å². The summed E-state index contributed by atoms with van der Waals surface area (Å²) in [5, 5.41) is 2.73. The Balaban J connectivity index is 2.02. The number of nitrogens with one attached hydrogen (secondary N) is 1. The van der Waals surface area contributed by atoms with E-state index in [1.807, 2.05) is 24.3 Å². The summed E-state index contributed by atoms with van der Waals surface area (Å²) in [5.74, 6) is -0.692. The fourth-order valence-electron chi connectivity index (χ4n) is 2.36. The fourth-order valence-corrected chi connectivity index (χ4v) is 3.09. The molecule has 0 saturated carbocycles. The van der Waals surface area contributed by atoms with E-state index < -0.39 is 28.8 Å². The summed E-state index contributed by atoms with van der Waals surface area (Å²) in [6.45, 7) is 5.69. The molecule has 138 valence electrons. The van der Waals surface area contributed by atoms with E-state index in [2.05, 4.69) is 19.2 Å². The van der Waals surface area contributed by atoms with E-state index in [1.54, 1.807) is 18.2 Å². The molecule has 2 aromatic carbocycles. The van der Waals surface area contributed by atoms with Gasteiger partial charge in [0.15, 0.2) is 6.10 Å². The zero-order chi connectivity index (χ0) is 19.3. The van der Waals surface area contributed by atoms with Crippen molar-refractivity contribution in [2.45, 2.75) is 37.7 Å². The number of rotatable bonds is 6. The average Bonchev–Trinajstić information content (AvgIpc) is 2.61. The number of hydrogen-bond donors (Lipinski definition) is 1. The molecule has 5 nitrogen and oxygen atoms in total. The molecule has 0 aliphatic rings. The van der Waals surface area contributed by atoms with Crippen LogP contribution in [0.5, 0.6) is 0 Å². The third kappa shape index (κ3) is 5.02. The maximum atomic E-state index is 12.3. The number of anilines is 1. The highest BCUT2D eigenvalue weighted by molar-refractivity contribution is 7.84. The van der Waals surface area contributed by atoms with Crippen LogP contribution < -0.4 is 5.32 Å². The van der Waals surface area contributed by atoms with Crippen LogP contribution in [0.1, 0.15) is 42.6 Å². The zero-order valence-electron chi connectivity index (χ0n) is 15.3. The summed E-state index contributed by atoms with van der Waals surface area (Å²) in [7, 11) is -1.33. The monoisotopic (exact) mass is 373 g/mol. The van der Waals surface area contributed by atoms with Gasteiger partial charge in [0.05, 0.1) is 21.3 Å². The second kappa shape index (κ2) is 8.76. The van der Waals surface area contributed by atoms with Gasteiger partial charge in [0.1, 0.15) is 0 Å². The molecule has 0 aromatic heterocycles. The standard InChI is InChI=1S/C20H23NO4S/c1-13(2)15-9-11-16(12-10-15)21-19(22)14(3)25-20(23)17-7-5-6-8-18(17)26(4)24/h5-14H,1-4H3,(H,21,22)/t14-,26-/m1/s1. The highest BCUT2D eigenvalue weighted by atomic mass is 32.2. The van der Waals surface area contributed by atoms with Crippen molar-refractivity contribution in [1.29, 1.82) is 0 Å². The van der Waals surface area contributed by atoms with E-state index in [-0.39, 0.29) is 5.56 Å². The first kappa shape index (κ1) is 19.8. The molecular formula is C20H23NO4S. The Kier molecular flexibility index (Phi) is 6.69. The maximum Gasteiger partial charge on any atom is 0.340 e. The third-order valence-electron chi connectivity index (χ3n) is 3.91. The minimum atomic E-state index is -1.33. The van der Waals surface area contributed by atoms with Gasteiger partial charge in [-0.25, -0.2) is 4.79 Å². The predicted molar refractivity (Wildman–Crippen MR) is 103 cm³/mol. The topological polar surface area (TPSA) is 72.5 Å². The van der Waals surface area contributed by atoms with Crippen LogP contribution in [0.4, 0.5) is 5.69 Å². The van der Waals surface area contributed by atoms with Gasteiger partial charge in [0, 0.05) is 11.9 Å². The van der Waals surface area contributed by atoms with Crippen molar-refractivity contribution in [1.82, 2.24) is 0 Å². The second-order valence-electron chi connectivity index (χ2n) is 6.26. The molecule has 2 rings (SSSR count). The third-order valence-corrected chi connectivity index (χ3v) is 4.89. The van der Waals surface area contributed by atoms with E-state index >= 15 is 0 Å². The van der Waals surface area contributed by atoms with Crippen molar-refractivity contribution in [3.8, 4) is 0 Å². The molecule has 2 atom stereocenters. The number of hydrogen-bond acceptors (Lipinski definition) is 4. The lowest BCUT2D eigenvalue weighted by Crippen LogP contribution is -2.30. The number of carbonyl (C=O) groups is 2. The average molecular weight is 373 g/mol. The van der Waals surface area contributed by atoms with Crippen LogP contribution in [0.25, 0.3) is 0 Å². The molecule has 0 saturated heterocycles. The predicted octanol–water partition coefficient (Wildman–Crippen LogP) is 3.73. The largest absolute Gasteiger partial charge is 0.449 e. The van der Waals surface area contributed by atoms with Crippen molar-refractivity contribution in [2.75, 3.05) is 11.6 Å². The molecule has 0 spiro atoms. The lowest BCUT2D eigenvalue weighted by atomic mass is 10.0. The molecule has 0 unspecified atom stereocenters. The van der Waals surface area contributed by atoms with Crippen LogP contribution >= 0.6 is 0 Å². The summed E-state index contributed by atoms with van der Waals surface area (Å²) in [5.41, 5.74) is 2.01. The van der Waals surface area contributed by atoms with Crippen LogP contribution in [-0.2, 0) is 20.3 Å². The van der Waals surface area contributed by atoms with E-state index in [4.69, 9.17) is 4.74 Å². The summed E-state index contributed by atoms with van der Waals surface area (Å²) < 4.78 is 17.0. The molecular weight excluding hydrogens is 350 g/mol. The molecule has 26 heavy (non-hydrogen) atoms. The first-order valence-corrected chi connectivity index (χ1v) is 9.89. The Labute approximate surface area is 156 Å². The van der Waals surface area contributed by atoms with Crippen LogP contribution in [0.15, 0.2) is 53.4 Å². The second-order valence-corrected chi connectivity index (χ2v) is 7.61. The smallest absolute Gasteiger partial charge is 0.340 e. The van der Waals surface area contributed by atoms with Gasteiger partial charge >= 0.3 is 5.97 Å². The summed E-state index contributed by atoms with van der Waals surface area (Å²) >= 11 is 0. The molecule has 1 amide bonds. The van der Waals surface area contributed by atoms with Gasteiger partial charge < -0.3 is 10.1 Å². The SMILES string of the molecule is CC(C)c1ccc(NC(=O)[C@@H](C)OC(=O)c2ccccc2[S@@](C)=O)cc1. The van der Waals surface area contributed by atoms with Gasteiger partial charge in [-0.3, -0.25) is 9.00 Å². The highest BCUT2D eigenvalue weighted by Gasteiger charge is 2.21. The summed E-state index contributed by atoms with van der Waals surface area (Å²) in [6, 6.07) is 14.0. The van der Waals surface area contributed by atoms with Crippen LogP contribution in [0.3, 0.4) is 0 Å². The summed E-state index contributed by atoms with van der Waals surface area (Å²) in [4.78, 5) is 25.0. The summed E-state index contributed by atoms with van der Waals surface area (Å²) in [6.07, 6.45) is 0.508. The molecule has 0 aliphatic heterocycles. The highest BCUT2D eigenvalue weighted by Crippen LogP contribution is 2.18. The first-order valence-electron chi connectivity index (χ1n) is 8.34. The lowest BCUT2D eigenvalue weighted by Gasteiger charge is -2.15. The van der Waals surface area contributed by atoms with E-state index in [0.29, 0.717) is 16.5 Å². The molecule has 0 aliphatic carbocycles. The van der Waals surface area contributed by atoms with E-state index in [1.165, 1.54) is 24.8 Å². The minimum absolute atomic E-state index is 0.203. The van der Waals surface area contributed by atoms with Crippen molar-refractivity contribution in [3.05, 3.63) is 59.7 Å². The maximum absolute atomic E-state index is 12.3. The Bertz CT molecular complexity index is 815. The number of amides is 1. The molecule has 0 radical (unpaired) electrons. The normalized spacial score (nSPS) is 13.1. The van der Waals surface area contributed by atoms with Crippen LogP contribution in [0, 0.1) is 0 Å². The zero-order valence-corrected chi connectivity index (χ0v) is 16.1. The number of esters is 1. The quantitative estimate of drug-likeness (QED) is 0.783. The Morgan fingerprint density at radius 1 is 1.00 bits per heavy atom. The van der Waals surface area contributed by atoms with Crippen molar-refractivity contribution < 1.29 is 18.5 Å². The molecule has 0 heterocycles. The Morgan fingerprint density at radius 2 is 1.62 bits per heavy atom. The molecule has 2 aromatic rings. The minimum Gasteiger partial charge on any atom is -0.449 e. The van der Waals surface area contributed by atoms with Gasteiger partial charge in [-0.05, 0) is 42.7 Å². The number of ether oxygens (including phenoxy) is 1. The first-order chi connectivity index (χ1) is 12.3. The van der Waals surface area contributed by atoms with Crippen LogP contribution in [-0.4, -0.2) is 28.4 Å². The van der Waals surface area contributed by atoms with Gasteiger partial charge in [-0.15, -0.1) is 0 Å². The molecule has 0 fully saturated rings. The Morgan fingerprint density at radius 3 is 2.19 bits per heavy atom. The molecule has 1 N–H and O–H groups in total. The van der Waals surface area contributed by atoms with Crippen LogP contribution in [0.2, 0.25) is 0 Å². The van der Waals surface area contributed by atoms with Gasteiger partial charge in [-0.1, -0.05) is 38.1 Å². The molecule has 6 heteroatoms. The Hall–Kier alpha value is -2.47. The number of carbonyl (C=O) groups excluding carboxylic acids is 2.